The number of halogens is 3. The van der Waals surface area contributed by atoms with Crippen LogP contribution >= 0.6 is 11.3 Å². The highest BCUT2D eigenvalue weighted by molar-refractivity contribution is 7.07. The Morgan fingerprint density at radius 3 is 2.76 bits per heavy atom. The molecule has 0 saturated heterocycles. The van der Waals surface area contributed by atoms with Crippen LogP contribution in [0.4, 0.5) is 23.7 Å². The average Bonchev–Trinajstić information content (AvgIpc) is 3.35. The van der Waals surface area contributed by atoms with Gasteiger partial charge >= 0.3 is 12.2 Å². The van der Waals surface area contributed by atoms with Crippen molar-refractivity contribution in [2.24, 2.45) is 0 Å². The second-order valence-electron chi connectivity index (χ2n) is 6.16. The molecular weight excluding hydrogens is 403 g/mol. The highest BCUT2D eigenvalue weighted by atomic mass is 32.1. The van der Waals surface area contributed by atoms with Crippen LogP contribution in [-0.2, 0) is 0 Å². The maximum atomic E-state index is 12.2. The molecular formula is C19H14F3N5OS. The average molecular weight is 417 g/mol. The van der Waals surface area contributed by atoms with Crippen LogP contribution < -0.4 is 10.6 Å². The van der Waals surface area contributed by atoms with Gasteiger partial charge in [-0.05, 0) is 24.3 Å². The van der Waals surface area contributed by atoms with Crippen LogP contribution in [0.2, 0.25) is 0 Å². The monoisotopic (exact) mass is 417 g/mol. The zero-order chi connectivity index (χ0) is 20.4. The molecule has 148 valence electrons. The van der Waals surface area contributed by atoms with Gasteiger partial charge in [0.15, 0.2) is 0 Å². The number of hydrogen-bond donors (Lipinski definition) is 2. The fraction of sp³-hybridized carbons (Fsp3) is 0.105. The number of fused-ring (bicyclic) bond motifs is 1. The molecule has 0 aliphatic rings. The SMILES string of the molecule is O=C(NCC(F)(F)F)Nc1cccc(-c2cnc3cc(-c4cscn4)ccn23)c1. The van der Waals surface area contributed by atoms with Crippen LogP contribution in [-0.4, -0.2) is 33.1 Å². The quantitative estimate of drug-likeness (QED) is 0.501. The normalized spacial score (nSPS) is 11.6. The summed E-state index contributed by atoms with van der Waals surface area (Å²) in [6.07, 6.45) is -0.890. The van der Waals surface area contributed by atoms with Crippen LogP contribution in [0.25, 0.3) is 28.2 Å². The molecule has 29 heavy (non-hydrogen) atoms. The number of aromatic nitrogens is 3. The highest BCUT2D eigenvalue weighted by Crippen LogP contribution is 2.26. The van der Waals surface area contributed by atoms with Crippen molar-refractivity contribution in [1.82, 2.24) is 19.7 Å². The number of carbonyl (C=O) groups is 1. The zero-order valence-corrected chi connectivity index (χ0v) is 15.6. The number of hydrogen-bond acceptors (Lipinski definition) is 4. The van der Waals surface area contributed by atoms with Gasteiger partial charge in [0.05, 0.1) is 23.1 Å². The number of nitrogens with zero attached hydrogens (tertiary/aromatic N) is 3. The summed E-state index contributed by atoms with van der Waals surface area (Å²) in [4.78, 5) is 20.4. The minimum absolute atomic E-state index is 0.371. The Kier molecular flexibility index (Phi) is 4.93. The van der Waals surface area contributed by atoms with E-state index in [0.717, 1.165) is 28.2 Å². The Balaban J connectivity index is 1.56. The Bertz CT molecular complexity index is 1150. The van der Waals surface area contributed by atoms with Crippen molar-refractivity contribution in [2.45, 2.75) is 6.18 Å². The minimum Gasteiger partial charge on any atom is -0.329 e. The minimum atomic E-state index is -4.47. The Morgan fingerprint density at radius 1 is 1.14 bits per heavy atom. The molecule has 6 nitrogen and oxygen atoms in total. The summed E-state index contributed by atoms with van der Waals surface area (Å²) in [5, 5.41) is 6.14. The predicted octanol–water partition coefficient (Wildman–Crippen LogP) is 4.81. The van der Waals surface area contributed by atoms with Crippen molar-refractivity contribution >= 4 is 28.7 Å². The molecule has 1 aromatic carbocycles. The van der Waals surface area contributed by atoms with Gasteiger partial charge < -0.3 is 10.6 Å². The molecule has 4 aromatic rings. The second kappa shape index (κ2) is 7.55. The molecule has 0 atom stereocenters. The number of imidazole rings is 1. The van der Waals surface area contributed by atoms with Gasteiger partial charge in [0.2, 0.25) is 0 Å². The molecule has 0 radical (unpaired) electrons. The molecule has 0 aliphatic carbocycles. The molecule has 3 aromatic heterocycles. The van der Waals surface area contributed by atoms with Gasteiger partial charge in [0, 0.05) is 28.4 Å². The van der Waals surface area contributed by atoms with E-state index in [-0.39, 0.29) is 0 Å². The van der Waals surface area contributed by atoms with E-state index in [1.165, 1.54) is 11.3 Å². The van der Waals surface area contributed by atoms with Crippen molar-refractivity contribution in [1.29, 1.82) is 0 Å². The Labute approximate surface area is 167 Å². The summed E-state index contributed by atoms with van der Waals surface area (Å²) < 4.78 is 38.5. The van der Waals surface area contributed by atoms with Gasteiger partial charge in [-0.2, -0.15) is 13.2 Å². The van der Waals surface area contributed by atoms with E-state index in [4.69, 9.17) is 0 Å². The van der Waals surface area contributed by atoms with E-state index in [1.807, 2.05) is 34.2 Å². The standard InChI is InChI=1S/C19H14F3N5OS/c20-19(21,22)10-24-18(28)26-14-3-1-2-13(6-14)16-8-23-17-7-12(4-5-27(16)17)15-9-29-11-25-15/h1-9,11H,10H2,(H2,24,26,28). The summed E-state index contributed by atoms with van der Waals surface area (Å²) in [6.45, 7) is -1.40. The molecule has 0 saturated carbocycles. The lowest BCUT2D eigenvalue weighted by Gasteiger charge is -2.11. The molecule has 3 heterocycles. The largest absolute Gasteiger partial charge is 0.405 e. The number of anilines is 1. The van der Waals surface area contributed by atoms with Gasteiger partial charge in [-0.3, -0.25) is 4.40 Å². The molecule has 0 fully saturated rings. The molecule has 2 N–H and O–H groups in total. The number of thiazole rings is 1. The Hall–Kier alpha value is -3.40. The third kappa shape index (κ3) is 4.37. The maximum Gasteiger partial charge on any atom is 0.405 e. The maximum absolute atomic E-state index is 12.2. The van der Waals surface area contributed by atoms with Gasteiger partial charge in [-0.1, -0.05) is 12.1 Å². The second-order valence-corrected chi connectivity index (χ2v) is 6.88. The molecule has 10 heteroatoms. The summed E-state index contributed by atoms with van der Waals surface area (Å²) in [5.74, 6) is 0. The first-order valence-electron chi connectivity index (χ1n) is 8.47. The zero-order valence-electron chi connectivity index (χ0n) is 14.8. The van der Waals surface area contributed by atoms with Gasteiger partial charge in [0.1, 0.15) is 12.2 Å². The van der Waals surface area contributed by atoms with E-state index in [2.05, 4.69) is 15.3 Å². The lowest BCUT2D eigenvalue weighted by atomic mass is 10.1. The van der Waals surface area contributed by atoms with Crippen molar-refractivity contribution in [3.05, 3.63) is 59.7 Å². The first-order valence-corrected chi connectivity index (χ1v) is 9.41. The number of alkyl halides is 3. The van der Waals surface area contributed by atoms with Crippen molar-refractivity contribution < 1.29 is 18.0 Å². The molecule has 2 amide bonds. The number of benzene rings is 1. The predicted molar refractivity (Wildman–Crippen MR) is 105 cm³/mol. The number of nitrogens with one attached hydrogen (secondary N) is 2. The van der Waals surface area contributed by atoms with Crippen LogP contribution in [0.15, 0.2) is 59.7 Å². The van der Waals surface area contributed by atoms with E-state index >= 15 is 0 Å². The van der Waals surface area contributed by atoms with E-state index in [1.54, 1.807) is 35.2 Å². The molecule has 0 aliphatic heterocycles. The number of urea groups is 1. The van der Waals surface area contributed by atoms with Gasteiger partial charge in [-0.25, -0.2) is 14.8 Å². The molecule has 0 unspecified atom stereocenters. The van der Waals surface area contributed by atoms with Crippen LogP contribution in [0, 0.1) is 0 Å². The highest BCUT2D eigenvalue weighted by Gasteiger charge is 2.27. The molecule has 4 rings (SSSR count). The van der Waals surface area contributed by atoms with Crippen LogP contribution in [0.5, 0.6) is 0 Å². The van der Waals surface area contributed by atoms with Crippen molar-refractivity contribution in [3.63, 3.8) is 0 Å². The van der Waals surface area contributed by atoms with Gasteiger partial charge in [0.25, 0.3) is 0 Å². The fourth-order valence-electron chi connectivity index (χ4n) is 2.82. The van der Waals surface area contributed by atoms with E-state index in [0.29, 0.717) is 5.69 Å². The number of carbonyl (C=O) groups excluding carboxylic acids is 1. The lowest BCUT2D eigenvalue weighted by molar-refractivity contribution is -0.122. The van der Waals surface area contributed by atoms with E-state index in [9.17, 15) is 18.0 Å². The van der Waals surface area contributed by atoms with E-state index < -0.39 is 18.8 Å². The summed E-state index contributed by atoms with van der Waals surface area (Å²) in [6, 6.07) is 9.73. The third-order valence-electron chi connectivity index (χ3n) is 4.11. The first-order chi connectivity index (χ1) is 13.9. The summed E-state index contributed by atoms with van der Waals surface area (Å²) in [7, 11) is 0. The van der Waals surface area contributed by atoms with Crippen LogP contribution in [0.3, 0.4) is 0 Å². The fourth-order valence-corrected chi connectivity index (χ4v) is 3.38. The van der Waals surface area contributed by atoms with Crippen LogP contribution in [0.1, 0.15) is 0 Å². The van der Waals surface area contributed by atoms with Crippen molar-refractivity contribution in [3.8, 4) is 22.5 Å². The van der Waals surface area contributed by atoms with Gasteiger partial charge in [-0.15, -0.1) is 11.3 Å². The number of rotatable bonds is 4. The number of amides is 2. The third-order valence-corrected chi connectivity index (χ3v) is 4.69. The van der Waals surface area contributed by atoms with Crippen molar-refractivity contribution in [2.75, 3.05) is 11.9 Å². The summed E-state index contributed by atoms with van der Waals surface area (Å²) in [5.41, 5.74) is 6.23. The summed E-state index contributed by atoms with van der Waals surface area (Å²) >= 11 is 1.51. The Morgan fingerprint density at radius 2 is 2.00 bits per heavy atom. The molecule has 0 spiro atoms. The number of pyridine rings is 1. The first kappa shape index (κ1) is 18.9. The lowest BCUT2D eigenvalue weighted by Crippen LogP contribution is -2.36. The molecule has 0 bridgehead atoms. The smallest absolute Gasteiger partial charge is 0.329 e. The topological polar surface area (TPSA) is 71.3 Å².